The highest BCUT2D eigenvalue weighted by Crippen LogP contribution is 2.36. The van der Waals surface area contributed by atoms with E-state index in [0.29, 0.717) is 5.41 Å². The third-order valence-corrected chi connectivity index (χ3v) is 4.61. The Kier molecular flexibility index (Phi) is 3.50. The van der Waals surface area contributed by atoms with E-state index in [2.05, 4.69) is 28.4 Å². The first-order valence-corrected chi connectivity index (χ1v) is 7.56. The van der Waals surface area contributed by atoms with Crippen LogP contribution < -0.4 is 5.32 Å². The zero-order chi connectivity index (χ0) is 14.2. The fourth-order valence-electron chi connectivity index (χ4n) is 3.36. The lowest BCUT2D eigenvalue weighted by atomic mass is 9.89. The standard InChI is InChI=1S/C16H24N4/c1-12-14-8-13(10-18-15(14)20(3)19-12)9-17-11-16(2)6-4-5-7-16/h8,10,17H,4-7,9,11H2,1-3H3. The van der Waals surface area contributed by atoms with Crippen LogP contribution in [0.5, 0.6) is 0 Å². The van der Waals surface area contributed by atoms with Crippen LogP contribution in [0.1, 0.15) is 43.9 Å². The number of rotatable bonds is 4. The van der Waals surface area contributed by atoms with E-state index in [9.17, 15) is 0 Å². The third-order valence-electron chi connectivity index (χ3n) is 4.61. The molecule has 0 radical (unpaired) electrons. The highest BCUT2D eigenvalue weighted by Gasteiger charge is 2.27. The zero-order valence-corrected chi connectivity index (χ0v) is 12.7. The van der Waals surface area contributed by atoms with Gasteiger partial charge in [-0.1, -0.05) is 19.8 Å². The molecule has 2 aromatic rings. The van der Waals surface area contributed by atoms with Crippen LogP contribution in [0.25, 0.3) is 11.0 Å². The molecule has 0 spiro atoms. The third kappa shape index (κ3) is 2.57. The molecule has 1 aliphatic rings. The van der Waals surface area contributed by atoms with Gasteiger partial charge in [0.05, 0.1) is 5.69 Å². The molecule has 0 bridgehead atoms. The van der Waals surface area contributed by atoms with Gasteiger partial charge in [0.15, 0.2) is 5.65 Å². The molecule has 0 aromatic carbocycles. The number of aryl methyl sites for hydroxylation is 2. The molecular formula is C16H24N4. The Balaban J connectivity index is 1.67. The molecule has 0 unspecified atom stereocenters. The molecule has 1 aliphatic carbocycles. The van der Waals surface area contributed by atoms with E-state index in [4.69, 9.17) is 0 Å². The van der Waals surface area contributed by atoms with Crippen molar-refractivity contribution in [3.63, 3.8) is 0 Å². The van der Waals surface area contributed by atoms with Crippen molar-refractivity contribution < 1.29 is 0 Å². The molecule has 4 nitrogen and oxygen atoms in total. The van der Waals surface area contributed by atoms with Gasteiger partial charge >= 0.3 is 0 Å². The van der Waals surface area contributed by atoms with Gasteiger partial charge in [-0.15, -0.1) is 0 Å². The maximum Gasteiger partial charge on any atom is 0.157 e. The molecular weight excluding hydrogens is 248 g/mol. The highest BCUT2D eigenvalue weighted by molar-refractivity contribution is 5.78. The Morgan fingerprint density at radius 1 is 1.35 bits per heavy atom. The number of pyridine rings is 1. The summed E-state index contributed by atoms with van der Waals surface area (Å²) in [6, 6.07) is 2.22. The largest absolute Gasteiger partial charge is 0.312 e. The fourth-order valence-corrected chi connectivity index (χ4v) is 3.36. The minimum Gasteiger partial charge on any atom is -0.312 e. The van der Waals surface area contributed by atoms with Gasteiger partial charge < -0.3 is 5.32 Å². The van der Waals surface area contributed by atoms with E-state index in [0.717, 1.165) is 24.4 Å². The number of nitrogens with one attached hydrogen (secondary N) is 1. The van der Waals surface area contributed by atoms with Crippen molar-refractivity contribution in [1.29, 1.82) is 0 Å². The zero-order valence-electron chi connectivity index (χ0n) is 12.7. The summed E-state index contributed by atoms with van der Waals surface area (Å²) < 4.78 is 1.85. The Hall–Kier alpha value is -1.42. The summed E-state index contributed by atoms with van der Waals surface area (Å²) in [5.41, 5.74) is 3.77. The summed E-state index contributed by atoms with van der Waals surface area (Å²) in [5.74, 6) is 0. The monoisotopic (exact) mass is 272 g/mol. The van der Waals surface area contributed by atoms with Gasteiger partial charge in [0.2, 0.25) is 0 Å². The molecule has 3 rings (SSSR count). The van der Waals surface area contributed by atoms with Crippen molar-refractivity contribution in [2.75, 3.05) is 6.54 Å². The maximum absolute atomic E-state index is 4.53. The lowest BCUT2D eigenvalue weighted by Gasteiger charge is -2.23. The van der Waals surface area contributed by atoms with Crippen LogP contribution in [0.3, 0.4) is 0 Å². The average molecular weight is 272 g/mol. The SMILES string of the molecule is Cc1nn(C)c2ncc(CNCC3(C)CCCC3)cc12. The minimum atomic E-state index is 0.502. The topological polar surface area (TPSA) is 42.7 Å². The van der Waals surface area contributed by atoms with Gasteiger partial charge in [0.25, 0.3) is 0 Å². The van der Waals surface area contributed by atoms with Crippen molar-refractivity contribution in [3.05, 3.63) is 23.5 Å². The Labute approximate surface area is 120 Å². The van der Waals surface area contributed by atoms with E-state index < -0.39 is 0 Å². The van der Waals surface area contributed by atoms with Gasteiger partial charge in [-0.25, -0.2) is 4.98 Å². The summed E-state index contributed by atoms with van der Waals surface area (Å²) in [4.78, 5) is 4.53. The van der Waals surface area contributed by atoms with Gasteiger partial charge in [-0.3, -0.25) is 4.68 Å². The highest BCUT2D eigenvalue weighted by atomic mass is 15.3. The van der Waals surface area contributed by atoms with E-state index in [-0.39, 0.29) is 0 Å². The van der Waals surface area contributed by atoms with E-state index in [1.54, 1.807) is 0 Å². The first kappa shape index (κ1) is 13.6. The second kappa shape index (κ2) is 5.17. The van der Waals surface area contributed by atoms with Crippen LogP contribution in [0, 0.1) is 12.3 Å². The molecule has 0 amide bonds. The molecule has 4 heteroatoms. The predicted octanol–water partition coefficient (Wildman–Crippen LogP) is 2.95. The maximum atomic E-state index is 4.53. The number of aromatic nitrogens is 3. The second-order valence-electron chi connectivity index (χ2n) is 6.55. The molecule has 1 fully saturated rings. The predicted molar refractivity (Wildman–Crippen MR) is 81.5 cm³/mol. The summed E-state index contributed by atoms with van der Waals surface area (Å²) in [5, 5.41) is 9.19. The van der Waals surface area contributed by atoms with Crippen LogP contribution >= 0.6 is 0 Å². The van der Waals surface area contributed by atoms with Crippen LogP contribution in [0.2, 0.25) is 0 Å². The van der Waals surface area contributed by atoms with Crippen molar-refractivity contribution in [2.24, 2.45) is 12.5 Å². The van der Waals surface area contributed by atoms with Crippen molar-refractivity contribution in [1.82, 2.24) is 20.1 Å². The molecule has 2 heterocycles. The molecule has 0 aliphatic heterocycles. The summed E-state index contributed by atoms with van der Waals surface area (Å²) in [6.07, 6.45) is 7.46. The number of fused-ring (bicyclic) bond motifs is 1. The van der Waals surface area contributed by atoms with Gasteiger partial charge in [-0.05, 0) is 36.8 Å². The lowest BCUT2D eigenvalue weighted by Crippen LogP contribution is -2.29. The van der Waals surface area contributed by atoms with Gasteiger partial charge in [0.1, 0.15) is 0 Å². The number of hydrogen-bond acceptors (Lipinski definition) is 3. The molecule has 0 saturated heterocycles. The van der Waals surface area contributed by atoms with Gasteiger partial charge in [0, 0.05) is 31.7 Å². The van der Waals surface area contributed by atoms with Gasteiger partial charge in [-0.2, -0.15) is 5.10 Å². The number of hydrogen-bond donors (Lipinski definition) is 1. The van der Waals surface area contributed by atoms with Crippen molar-refractivity contribution in [3.8, 4) is 0 Å². The normalized spacial score (nSPS) is 17.9. The molecule has 2 aromatic heterocycles. The Morgan fingerprint density at radius 2 is 2.10 bits per heavy atom. The van der Waals surface area contributed by atoms with Crippen LogP contribution in [0.15, 0.2) is 12.3 Å². The second-order valence-corrected chi connectivity index (χ2v) is 6.55. The summed E-state index contributed by atoms with van der Waals surface area (Å²) >= 11 is 0. The van der Waals surface area contributed by atoms with Crippen molar-refractivity contribution >= 4 is 11.0 Å². The molecule has 1 saturated carbocycles. The molecule has 1 N–H and O–H groups in total. The fraction of sp³-hybridized carbons (Fsp3) is 0.625. The molecule has 0 atom stereocenters. The minimum absolute atomic E-state index is 0.502. The quantitative estimate of drug-likeness (QED) is 0.930. The van der Waals surface area contributed by atoms with Crippen LogP contribution in [-0.4, -0.2) is 21.3 Å². The Bertz CT molecular complexity index is 608. The van der Waals surface area contributed by atoms with E-state index in [1.165, 1.54) is 36.6 Å². The van der Waals surface area contributed by atoms with E-state index >= 15 is 0 Å². The average Bonchev–Trinajstić information content (AvgIpc) is 2.96. The van der Waals surface area contributed by atoms with Crippen LogP contribution in [-0.2, 0) is 13.6 Å². The smallest absolute Gasteiger partial charge is 0.157 e. The first-order valence-electron chi connectivity index (χ1n) is 7.56. The molecule has 108 valence electrons. The summed E-state index contributed by atoms with van der Waals surface area (Å²) in [6.45, 7) is 6.45. The van der Waals surface area contributed by atoms with Crippen LogP contribution in [0.4, 0.5) is 0 Å². The molecule has 20 heavy (non-hydrogen) atoms. The first-order chi connectivity index (χ1) is 9.57. The Morgan fingerprint density at radius 3 is 2.85 bits per heavy atom. The lowest BCUT2D eigenvalue weighted by molar-refractivity contribution is 0.314. The summed E-state index contributed by atoms with van der Waals surface area (Å²) in [7, 11) is 1.95. The van der Waals surface area contributed by atoms with Crippen molar-refractivity contribution in [2.45, 2.75) is 46.1 Å². The number of nitrogens with zero attached hydrogens (tertiary/aromatic N) is 3. The van der Waals surface area contributed by atoms with E-state index in [1.807, 2.05) is 24.9 Å².